The average molecular weight is 425 g/mol. The molecule has 2 heterocycles. The summed E-state index contributed by atoms with van der Waals surface area (Å²) in [6.45, 7) is 3.22. The molecule has 31 heavy (non-hydrogen) atoms. The Balaban J connectivity index is 1.35. The quantitative estimate of drug-likeness (QED) is 0.488. The lowest BCUT2D eigenvalue weighted by Crippen LogP contribution is -2.31. The Morgan fingerprint density at radius 1 is 0.839 bits per heavy atom. The number of piperidine rings is 1. The van der Waals surface area contributed by atoms with Crippen LogP contribution in [0.4, 0.5) is 5.69 Å². The number of likely N-dealkylation sites (tertiary alicyclic amines) is 1. The van der Waals surface area contributed by atoms with E-state index in [-0.39, 0.29) is 0 Å². The fourth-order valence-corrected chi connectivity index (χ4v) is 5.63. The first-order valence-corrected chi connectivity index (χ1v) is 12.0. The van der Waals surface area contributed by atoms with Crippen LogP contribution in [0.3, 0.4) is 0 Å². The summed E-state index contributed by atoms with van der Waals surface area (Å²) in [5, 5.41) is 0. The zero-order valence-corrected chi connectivity index (χ0v) is 18.6. The molecule has 3 aromatic carbocycles. The van der Waals surface area contributed by atoms with Crippen molar-refractivity contribution in [3.8, 4) is 0 Å². The molecule has 2 aliphatic rings. The van der Waals surface area contributed by atoms with Crippen molar-refractivity contribution in [2.45, 2.75) is 23.5 Å². The van der Waals surface area contributed by atoms with Gasteiger partial charge in [-0.25, -0.2) is 0 Å². The van der Waals surface area contributed by atoms with Crippen LogP contribution in [0, 0.1) is 0 Å². The van der Waals surface area contributed by atoms with Gasteiger partial charge < -0.3 is 5.73 Å². The number of hydrogen-bond donors (Lipinski definition) is 1. The molecule has 0 unspecified atom stereocenters. The van der Waals surface area contributed by atoms with Gasteiger partial charge in [0.05, 0.1) is 0 Å². The predicted molar refractivity (Wildman–Crippen MR) is 134 cm³/mol. The van der Waals surface area contributed by atoms with Gasteiger partial charge in [0, 0.05) is 36.0 Å². The van der Waals surface area contributed by atoms with E-state index in [1.165, 1.54) is 32.7 Å². The number of nitrogens with two attached hydrogens (primary N) is 1. The summed E-state index contributed by atoms with van der Waals surface area (Å²) in [7, 11) is 0. The van der Waals surface area contributed by atoms with Gasteiger partial charge in [0.2, 0.25) is 0 Å². The summed E-state index contributed by atoms with van der Waals surface area (Å²) in [6, 6.07) is 26.0. The number of thioether (sulfide) groups is 1. The Labute approximate surface area is 189 Å². The van der Waals surface area contributed by atoms with Crippen molar-refractivity contribution in [1.29, 1.82) is 0 Å². The van der Waals surface area contributed by atoms with Crippen LogP contribution in [0.25, 0.3) is 11.6 Å². The fraction of sp³-hybridized carbons (Fsp3) is 0.214. The van der Waals surface area contributed by atoms with E-state index in [0.717, 1.165) is 43.9 Å². The SMILES string of the molecule is Nc1ccc(C=CCN2CCC(=C3c4ccccc4CSc4ccccc43)CC2)cc1. The first-order chi connectivity index (χ1) is 15.3. The second-order valence-electron chi connectivity index (χ2n) is 8.29. The zero-order chi connectivity index (χ0) is 21.0. The summed E-state index contributed by atoms with van der Waals surface area (Å²) in [5.74, 6) is 1.05. The standard InChI is InChI=1S/C28H28N2S/c29-24-13-11-21(12-14-24)6-5-17-30-18-15-22(16-19-30)28-25-8-2-1-7-23(25)20-31-27-10-4-3-9-26(27)28/h1-14H,15-20,29H2. The van der Waals surface area contributed by atoms with Crippen molar-refractivity contribution in [2.24, 2.45) is 0 Å². The number of nitrogens with zero attached hydrogens (tertiary/aromatic N) is 1. The molecule has 3 heteroatoms. The van der Waals surface area contributed by atoms with Crippen LogP contribution >= 0.6 is 11.8 Å². The Morgan fingerprint density at radius 2 is 1.55 bits per heavy atom. The minimum atomic E-state index is 0.814. The molecule has 2 nitrogen and oxygen atoms in total. The molecule has 0 radical (unpaired) electrons. The summed E-state index contributed by atoms with van der Waals surface area (Å²) >= 11 is 1.97. The topological polar surface area (TPSA) is 29.3 Å². The van der Waals surface area contributed by atoms with Crippen LogP contribution in [0.15, 0.2) is 89.3 Å². The van der Waals surface area contributed by atoms with Crippen molar-refractivity contribution in [3.05, 3.63) is 107 Å². The smallest absolute Gasteiger partial charge is 0.0314 e. The van der Waals surface area contributed by atoms with Gasteiger partial charge in [-0.3, -0.25) is 4.90 Å². The highest BCUT2D eigenvalue weighted by molar-refractivity contribution is 7.98. The highest BCUT2D eigenvalue weighted by atomic mass is 32.2. The van der Waals surface area contributed by atoms with Gasteiger partial charge in [-0.2, -0.15) is 0 Å². The Hall–Kier alpha value is -2.75. The molecule has 0 amide bonds. The second-order valence-corrected chi connectivity index (χ2v) is 9.31. The number of hydrogen-bond acceptors (Lipinski definition) is 3. The van der Waals surface area contributed by atoms with E-state index in [0.29, 0.717) is 0 Å². The van der Waals surface area contributed by atoms with Crippen molar-refractivity contribution in [1.82, 2.24) is 4.90 Å². The van der Waals surface area contributed by atoms with E-state index in [2.05, 4.69) is 77.7 Å². The summed E-state index contributed by atoms with van der Waals surface area (Å²) < 4.78 is 0. The monoisotopic (exact) mass is 424 g/mol. The van der Waals surface area contributed by atoms with E-state index in [1.807, 2.05) is 23.9 Å². The van der Waals surface area contributed by atoms with Crippen molar-refractivity contribution in [3.63, 3.8) is 0 Å². The molecule has 2 aliphatic heterocycles. The van der Waals surface area contributed by atoms with E-state index < -0.39 is 0 Å². The third-order valence-corrected chi connectivity index (χ3v) is 7.37. The fourth-order valence-electron chi connectivity index (χ4n) is 4.57. The molecular weight excluding hydrogens is 396 g/mol. The largest absolute Gasteiger partial charge is 0.399 e. The molecule has 0 bridgehead atoms. The minimum Gasteiger partial charge on any atom is -0.399 e. The van der Waals surface area contributed by atoms with Gasteiger partial charge >= 0.3 is 0 Å². The summed E-state index contributed by atoms with van der Waals surface area (Å²) in [4.78, 5) is 3.97. The zero-order valence-electron chi connectivity index (χ0n) is 17.8. The van der Waals surface area contributed by atoms with Crippen molar-refractivity contribution in [2.75, 3.05) is 25.4 Å². The third kappa shape index (κ3) is 4.48. The molecule has 1 saturated heterocycles. The first-order valence-electron chi connectivity index (χ1n) is 11.0. The van der Waals surface area contributed by atoms with Crippen molar-refractivity contribution < 1.29 is 0 Å². The van der Waals surface area contributed by atoms with Crippen LogP contribution in [0.2, 0.25) is 0 Å². The molecule has 3 aromatic rings. The predicted octanol–water partition coefficient (Wildman–Crippen LogP) is 6.49. The number of fused-ring (bicyclic) bond motifs is 2. The molecule has 1 fully saturated rings. The van der Waals surface area contributed by atoms with Crippen LogP contribution in [-0.4, -0.2) is 24.5 Å². The van der Waals surface area contributed by atoms with Crippen molar-refractivity contribution >= 4 is 29.1 Å². The number of rotatable bonds is 3. The Bertz CT molecular complexity index is 1070. The van der Waals surface area contributed by atoms with Gasteiger partial charge in [0.1, 0.15) is 0 Å². The highest BCUT2D eigenvalue weighted by Gasteiger charge is 2.23. The highest BCUT2D eigenvalue weighted by Crippen LogP contribution is 2.43. The van der Waals surface area contributed by atoms with Gasteiger partial charge in [-0.15, -0.1) is 11.8 Å². The Morgan fingerprint density at radius 3 is 2.35 bits per heavy atom. The normalized spacial score (nSPS) is 16.8. The lowest BCUT2D eigenvalue weighted by Gasteiger charge is -2.29. The lowest BCUT2D eigenvalue weighted by atomic mass is 9.86. The first kappa shape index (κ1) is 20.2. The Kier molecular flexibility index (Phi) is 5.97. The van der Waals surface area contributed by atoms with Gasteiger partial charge in [-0.05, 0) is 58.9 Å². The van der Waals surface area contributed by atoms with E-state index >= 15 is 0 Å². The molecular formula is C28H28N2S. The number of anilines is 1. The third-order valence-electron chi connectivity index (χ3n) is 6.25. The van der Waals surface area contributed by atoms with Gasteiger partial charge in [-0.1, -0.05) is 72.3 Å². The average Bonchev–Trinajstić information content (AvgIpc) is 2.98. The van der Waals surface area contributed by atoms with Gasteiger partial charge in [0.25, 0.3) is 0 Å². The molecule has 0 saturated carbocycles. The molecule has 0 spiro atoms. The minimum absolute atomic E-state index is 0.814. The maximum absolute atomic E-state index is 5.78. The number of benzene rings is 3. The van der Waals surface area contributed by atoms with Crippen LogP contribution < -0.4 is 5.73 Å². The van der Waals surface area contributed by atoms with E-state index in [4.69, 9.17) is 5.73 Å². The molecule has 2 N–H and O–H groups in total. The molecule has 0 aliphatic carbocycles. The summed E-state index contributed by atoms with van der Waals surface area (Å²) in [5.41, 5.74) is 15.2. The van der Waals surface area contributed by atoms with Gasteiger partial charge in [0.15, 0.2) is 0 Å². The lowest BCUT2D eigenvalue weighted by molar-refractivity contribution is 0.284. The van der Waals surface area contributed by atoms with Crippen LogP contribution in [-0.2, 0) is 5.75 Å². The maximum Gasteiger partial charge on any atom is 0.0314 e. The molecule has 156 valence electrons. The van der Waals surface area contributed by atoms with Crippen LogP contribution in [0.5, 0.6) is 0 Å². The second kappa shape index (κ2) is 9.17. The molecule has 0 atom stereocenters. The van der Waals surface area contributed by atoms with E-state index in [9.17, 15) is 0 Å². The summed E-state index contributed by atoms with van der Waals surface area (Å²) in [6.07, 6.45) is 6.75. The molecule has 0 aromatic heterocycles. The number of nitrogen functional groups attached to an aromatic ring is 1. The van der Waals surface area contributed by atoms with E-state index in [1.54, 1.807) is 5.57 Å². The molecule has 5 rings (SSSR count). The maximum atomic E-state index is 5.78. The van der Waals surface area contributed by atoms with Crippen LogP contribution in [0.1, 0.15) is 35.1 Å².